The second kappa shape index (κ2) is 6.32. The molecule has 2 heterocycles. The van der Waals surface area contributed by atoms with Crippen LogP contribution in [0.5, 0.6) is 0 Å². The normalized spacial score (nSPS) is 25.7. The number of fused-ring (bicyclic) bond motifs is 1. The fourth-order valence-electron chi connectivity index (χ4n) is 3.27. The SMILES string of the molecule is CC12CCC(=O)N1C(C(=O)Nc1cc(C(F)(F)F)cc(C(F)(F)F)c1)CS2. The molecule has 2 aliphatic rings. The molecule has 0 radical (unpaired) electrons. The molecule has 0 saturated carbocycles. The summed E-state index contributed by atoms with van der Waals surface area (Å²) in [6, 6.07) is -0.0679. The first-order valence-electron chi connectivity index (χ1n) is 7.88. The second-order valence-corrected chi connectivity index (χ2v) is 8.05. The van der Waals surface area contributed by atoms with Crippen molar-refractivity contribution in [1.82, 2.24) is 4.90 Å². The fraction of sp³-hybridized carbons (Fsp3) is 0.500. The van der Waals surface area contributed by atoms with Crippen molar-refractivity contribution in [2.75, 3.05) is 11.1 Å². The van der Waals surface area contributed by atoms with E-state index in [9.17, 15) is 35.9 Å². The quantitative estimate of drug-likeness (QED) is 0.744. The molecule has 1 aromatic rings. The van der Waals surface area contributed by atoms with Crippen molar-refractivity contribution in [2.24, 2.45) is 0 Å². The van der Waals surface area contributed by atoms with E-state index in [1.54, 1.807) is 6.92 Å². The number of thioether (sulfide) groups is 1. The average Bonchev–Trinajstić information content (AvgIpc) is 3.02. The zero-order valence-corrected chi connectivity index (χ0v) is 14.7. The topological polar surface area (TPSA) is 49.4 Å². The van der Waals surface area contributed by atoms with Gasteiger partial charge in [-0.3, -0.25) is 9.59 Å². The second-order valence-electron chi connectivity index (χ2n) is 6.55. The van der Waals surface area contributed by atoms with Crippen LogP contribution >= 0.6 is 11.8 Å². The van der Waals surface area contributed by atoms with E-state index in [0.717, 1.165) is 0 Å². The molecule has 27 heavy (non-hydrogen) atoms. The molecule has 4 nitrogen and oxygen atoms in total. The number of carbonyl (C=O) groups is 2. The number of carbonyl (C=O) groups excluding carboxylic acids is 2. The van der Waals surface area contributed by atoms with Crippen LogP contribution in [0, 0.1) is 0 Å². The van der Waals surface area contributed by atoms with Gasteiger partial charge in [0, 0.05) is 17.9 Å². The van der Waals surface area contributed by atoms with Gasteiger partial charge in [-0.05, 0) is 31.5 Å². The molecule has 1 aromatic carbocycles. The standard InChI is InChI=1S/C16H14F6N2O2S/c1-14-3-2-12(25)24(14)11(7-27-14)13(26)23-10-5-8(15(17,18)19)4-9(6-10)16(20,21)22/h4-6,11H,2-3,7H2,1H3,(H,23,26). The van der Waals surface area contributed by atoms with E-state index in [1.165, 1.54) is 16.7 Å². The smallest absolute Gasteiger partial charge is 0.324 e. The Morgan fingerprint density at radius 1 is 1.15 bits per heavy atom. The lowest BCUT2D eigenvalue weighted by atomic mass is 10.1. The highest BCUT2D eigenvalue weighted by Crippen LogP contribution is 2.47. The van der Waals surface area contributed by atoms with Gasteiger partial charge in [0.2, 0.25) is 11.8 Å². The number of hydrogen-bond donors (Lipinski definition) is 1. The first-order chi connectivity index (χ1) is 12.3. The van der Waals surface area contributed by atoms with Crippen molar-refractivity contribution in [3.8, 4) is 0 Å². The molecule has 0 bridgehead atoms. The lowest BCUT2D eigenvalue weighted by Crippen LogP contribution is -2.48. The van der Waals surface area contributed by atoms with Gasteiger partial charge in [0.1, 0.15) is 6.04 Å². The zero-order valence-electron chi connectivity index (χ0n) is 13.9. The summed E-state index contributed by atoms with van der Waals surface area (Å²) in [5, 5.41) is 2.11. The van der Waals surface area contributed by atoms with Crippen LogP contribution in [-0.4, -0.2) is 33.4 Å². The molecule has 2 fully saturated rings. The van der Waals surface area contributed by atoms with Gasteiger partial charge in [-0.15, -0.1) is 11.8 Å². The minimum absolute atomic E-state index is 0.0118. The third-order valence-corrected chi connectivity index (χ3v) is 6.11. The number of benzene rings is 1. The fourth-order valence-corrected chi connectivity index (χ4v) is 4.70. The summed E-state index contributed by atoms with van der Waals surface area (Å²) in [5.41, 5.74) is -3.65. The summed E-state index contributed by atoms with van der Waals surface area (Å²) in [6.07, 6.45) is -9.24. The van der Waals surface area contributed by atoms with Crippen LogP contribution in [0.1, 0.15) is 30.9 Å². The van der Waals surface area contributed by atoms with Gasteiger partial charge in [0.15, 0.2) is 0 Å². The molecule has 2 saturated heterocycles. The Bertz CT molecular complexity index is 762. The van der Waals surface area contributed by atoms with Crippen molar-refractivity contribution in [3.63, 3.8) is 0 Å². The number of hydrogen-bond acceptors (Lipinski definition) is 3. The lowest BCUT2D eigenvalue weighted by Gasteiger charge is -2.30. The molecule has 0 aliphatic carbocycles. The highest BCUT2D eigenvalue weighted by Gasteiger charge is 2.53. The van der Waals surface area contributed by atoms with Gasteiger partial charge < -0.3 is 10.2 Å². The van der Waals surface area contributed by atoms with Crippen LogP contribution in [0.2, 0.25) is 0 Å². The van der Waals surface area contributed by atoms with Crippen molar-refractivity contribution in [1.29, 1.82) is 0 Å². The van der Waals surface area contributed by atoms with E-state index >= 15 is 0 Å². The van der Waals surface area contributed by atoms with E-state index in [4.69, 9.17) is 0 Å². The van der Waals surface area contributed by atoms with Crippen molar-refractivity contribution in [2.45, 2.75) is 43.0 Å². The lowest BCUT2D eigenvalue weighted by molar-refractivity contribution is -0.143. The molecule has 11 heteroatoms. The molecule has 2 atom stereocenters. The predicted molar refractivity (Wildman–Crippen MR) is 85.8 cm³/mol. The van der Waals surface area contributed by atoms with Gasteiger partial charge in [-0.1, -0.05) is 0 Å². The summed E-state index contributed by atoms with van der Waals surface area (Å²) in [6.45, 7) is 1.78. The molecule has 148 valence electrons. The van der Waals surface area contributed by atoms with Gasteiger partial charge in [0.05, 0.1) is 16.0 Å². The van der Waals surface area contributed by atoms with Crippen LogP contribution in [-0.2, 0) is 21.9 Å². The van der Waals surface area contributed by atoms with Crippen LogP contribution in [0.25, 0.3) is 0 Å². The van der Waals surface area contributed by atoms with Crippen LogP contribution in [0.15, 0.2) is 18.2 Å². The maximum Gasteiger partial charge on any atom is 0.416 e. The van der Waals surface area contributed by atoms with E-state index in [1.807, 2.05) is 0 Å². The molecule has 0 aromatic heterocycles. The van der Waals surface area contributed by atoms with E-state index in [-0.39, 0.29) is 24.1 Å². The van der Waals surface area contributed by atoms with E-state index in [0.29, 0.717) is 18.6 Å². The maximum absolute atomic E-state index is 12.9. The first kappa shape index (κ1) is 19.8. The molecule has 0 spiro atoms. The predicted octanol–water partition coefficient (Wildman–Crippen LogP) is 4.12. The Morgan fingerprint density at radius 3 is 2.22 bits per heavy atom. The molecule has 1 N–H and O–H groups in total. The van der Waals surface area contributed by atoms with Crippen molar-refractivity contribution in [3.05, 3.63) is 29.3 Å². The molecule has 3 rings (SSSR count). The zero-order chi connectivity index (χ0) is 20.2. The number of anilines is 1. The molecular formula is C16H14F6N2O2S. The Morgan fingerprint density at radius 2 is 1.70 bits per heavy atom. The number of halogens is 6. The minimum atomic E-state index is -5.01. The Hall–Kier alpha value is -1.91. The molecule has 2 aliphatic heterocycles. The Balaban J connectivity index is 1.89. The monoisotopic (exact) mass is 412 g/mol. The third kappa shape index (κ3) is 3.74. The molecule has 2 amide bonds. The largest absolute Gasteiger partial charge is 0.416 e. The van der Waals surface area contributed by atoms with Gasteiger partial charge >= 0.3 is 12.4 Å². The van der Waals surface area contributed by atoms with Crippen molar-refractivity contribution >= 4 is 29.3 Å². The number of rotatable bonds is 2. The third-order valence-electron chi connectivity index (χ3n) is 4.60. The summed E-state index contributed by atoms with van der Waals surface area (Å²) in [5.74, 6) is -0.851. The Labute approximate surface area is 154 Å². The van der Waals surface area contributed by atoms with Crippen molar-refractivity contribution < 1.29 is 35.9 Å². The van der Waals surface area contributed by atoms with Crippen LogP contribution in [0.3, 0.4) is 0 Å². The molecule has 2 unspecified atom stereocenters. The van der Waals surface area contributed by atoms with Gasteiger partial charge in [-0.25, -0.2) is 0 Å². The average molecular weight is 412 g/mol. The van der Waals surface area contributed by atoms with E-state index < -0.39 is 46.0 Å². The Kier molecular flexibility index (Phi) is 4.64. The maximum atomic E-state index is 12.9. The van der Waals surface area contributed by atoms with Crippen LogP contribution in [0.4, 0.5) is 32.0 Å². The first-order valence-corrected chi connectivity index (χ1v) is 8.86. The highest BCUT2D eigenvalue weighted by atomic mass is 32.2. The van der Waals surface area contributed by atoms with Crippen LogP contribution < -0.4 is 5.32 Å². The summed E-state index contributed by atoms with van der Waals surface area (Å²) in [4.78, 5) is 25.3. The summed E-state index contributed by atoms with van der Waals surface area (Å²) < 4.78 is 77.5. The van der Waals surface area contributed by atoms with Gasteiger partial charge in [0.25, 0.3) is 0 Å². The van der Waals surface area contributed by atoms with Gasteiger partial charge in [-0.2, -0.15) is 26.3 Å². The van der Waals surface area contributed by atoms with E-state index in [2.05, 4.69) is 5.32 Å². The summed E-state index contributed by atoms with van der Waals surface area (Å²) in [7, 11) is 0. The molecular weight excluding hydrogens is 398 g/mol. The number of amides is 2. The number of nitrogens with zero attached hydrogens (tertiary/aromatic N) is 1. The minimum Gasteiger partial charge on any atom is -0.324 e. The summed E-state index contributed by atoms with van der Waals surface area (Å²) >= 11 is 1.37. The highest BCUT2D eigenvalue weighted by molar-refractivity contribution is 8.01. The number of nitrogens with one attached hydrogen (secondary N) is 1. The number of alkyl halides is 6.